The van der Waals surface area contributed by atoms with E-state index in [1.165, 1.54) is 18.0 Å². The van der Waals surface area contributed by atoms with Gasteiger partial charge in [-0.2, -0.15) is 22.9 Å². The fourth-order valence-electron chi connectivity index (χ4n) is 2.85. The molecule has 14 heteroatoms. The largest absolute Gasteiger partial charge is 0.618 e. The fourth-order valence-corrected chi connectivity index (χ4v) is 3.60. The fraction of sp³-hybridized carbons (Fsp3) is 0.350. The molecule has 1 aliphatic rings. The van der Waals surface area contributed by atoms with Crippen molar-refractivity contribution in [1.29, 1.82) is 0 Å². The molecule has 1 saturated heterocycles. The third-order valence-corrected chi connectivity index (χ3v) is 5.69. The summed E-state index contributed by atoms with van der Waals surface area (Å²) < 4.78 is 37.8. The zero-order valence-corrected chi connectivity index (χ0v) is 18.8. The van der Waals surface area contributed by atoms with Crippen LogP contribution >= 0.6 is 11.8 Å². The Labute approximate surface area is 196 Å². The molecule has 34 heavy (non-hydrogen) atoms. The molecule has 3 aromatic heterocycles. The number of piperazine rings is 1. The normalized spacial score (nSPS) is 14.4. The summed E-state index contributed by atoms with van der Waals surface area (Å²) in [6.07, 6.45) is -1.76. The van der Waals surface area contributed by atoms with Gasteiger partial charge in [-0.15, -0.1) is 0 Å². The number of anilines is 1. The van der Waals surface area contributed by atoms with Gasteiger partial charge in [-0.1, -0.05) is 5.16 Å². The van der Waals surface area contributed by atoms with E-state index in [4.69, 9.17) is 14.4 Å². The molecule has 10 nitrogen and oxygen atoms in total. The van der Waals surface area contributed by atoms with Gasteiger partial charge in [0.15, 0.2) is 6.20 Å². The summed E-state index contributed by atoms with van der Waals surface area (Å²) in [5.41, 5.74) is 1.78. The van der Waals surface area contributed by atoms with Gasteiger partial charge in [0.05, 0.1) is 17.6 Å². The van der Waals surface area contributed by atoms with Crippen LogP contribution in [0.5, 0.6) is 0 Å². The Morgan fingerprint density at radius 2 is 1.94 bits per heavy atom. The van der Waals surface area contributed by atoms with Crippen LogP contribution in [0, 0.1) is 5.21 Å². The highest BCUT2D eigenvalue weighted by Gasteiger charge is 2.38. The van der Waals surface area contributed by atoms with Gasteiger partial charge in [-0.05, 0) is 37.0 Å². The van der Waals surface area contributed by atoms with Crippen molar-refractivity contribution >= 4 is 23.4 Å². The van der Waals surface area contributed by atoms with Gasteiger partial charge in [-0.25, -0.2) is 4.79 Å². The van der Waals surface area contributed by atoms with E-state index in [2.05, 4.69) is 32.0 Å². The third kappa shape index (κ3) is 7.05. The molecular formula is C20H21F3N6O4S. The molecule has 1 N–H and O–H groups in total. The van der Waals surface area contributed by atoms with E-state index >= 15 is 0 Å². The second-order valence-electron chi connectivity index (χ2n) is 7.16. The van der Waals surface area contributed by atoms with Crippen molar-refractivity contribution in [3.05, 3.63) is 53.8 Å². The smallest absolute Gasteiger partial charge is 0.490 e. The monoisotopic (exact) mass is 498 g/mol. The Hall–Kier alpha value is -3.39. The first-order chi connectivity index (χ1) is 16.1. The maximum atomic E-state index is 11.7. The molecule has 4 heterocycles. The van der Waals surface area contributed by atoms with E-state index in [0.29, 0.717) is 28.2 Å². The average molecular weight is 498 g/mol. The SMILES string of the molecule is CN1CCN(c2ccc(-c3noc(CSc4cccc[n+]4[O-])n3)nc2)CC1.O=C(O)C(F)(F)F. The number of thioether (sulfide) groups is 1. The van der Waals surface area contributed by atoms with Gasteiger partial charge in [0.25, 0.3) is 5.03 Å². The number of carboxylic acid groups (broad SMARTS) is 1. The molecule has 0 spiro atoms. The van der Waals surface area contributed by atoms with Crippen molar-refractivity contribution in [2.24, 2.45) is 0 Å². The highest BCUT2D eigenvalue weighted by Crippen LogP contribution is 2.22. The molecule has 0 atom stereocenters. The number of pyridine rings is 2. The molecule has 1 fully saturated rings. The summed E-state index contributed by atoms with van der Waals surface area (Å²) in [6.45, 7) is 4.11. The van der Waals surface area contributed by atoms with Crippen molar-refractivity contribution in [1.82, 2.24) is 20.0 Å². The topological polar surface area (TPSA) is 123 Å². The zero-order chi connectivity index (χ0) is 24.7. The molecule has 0 saturated carbocycles. The lowest BCUT2D eigenvalue weighted by Gasteiger charge is -2.33. The number of likely N-dealkylation sites (N-methyl/N-ethyl adjacent to an activating group) is 1. The quantitative estimate of drug-likeness (QED) is 0.319. The first-order valence-corrected chi connectivity index (χ1v) is 11.0. The molecule has 4 rings (SSSR count). The minimum Gasteiger partial charge on any atom is -0.618 e. The van der Waals surface area contributed by atoms with Crippen LogP contribution in [0.25, 0.3) is 11.5 Å². The van der Waals surface area contributed by atoms with Crippen LogP contribution in [0.15, 0.2) is 52.3 Å². The first-order valence-electron chi connectivity index (χ1n) is 9.97. The second kappa shape index (κ2) is 11.2. The molecule has 0 radical (unpaired) electrons. The van der Waals surface area contributed by atoms with Crippen LogP contribution in [-0.4, -0.2) is 70.5 Å². The highest BCUT2D eigenvalue weighted by molar-refractivity contribution is 7.98. The summed E-state index contributed by atoms with van der Waals surface area (Å²) in [6, 6.07) is 9.23. The van der Waals surface area contributed by atoms with Crippen molar-refractivity contribution in [2.75, 3.05) is 38.1 Å². The Morgan fingerprint density at radius 1 is 1.24 bits per heavy atom. The highest BCUT2D eigenvalue weighted by atomic mass is 32.2. The summed E-state index contributed by atoms with van der Waals surface area (Å²) in [5.74, 6) is -1.41. The van der Waals surface area contributed by atoms with Crippen molar-refractivity contribution in [3.63, 3.8) is 0 Å². The molecule has 3 aromatic rings. The van der Waals surface area contributed by atoms with Gasteiger partial charge in [0.1, 0.15) is 5.69 Å². The van der Waals surface area contributed by atoms with Crippen LogP contribution in [-0.2, 0) is 10.5 Å². The average Bonchev–Trinajstić information content (AvgIpc) is 3.28. The number of aliphatic carboxylic acids is 1. The molecule has 0 aliphatic carbocycles. The molecular weight excluding hydrogens is 477 g/mol. The number of nitrogens with zero attached hydrogens (tertiary/aromatic N) is 6. The Morgan fingerprint density at radius 3 is 2.53 bits per heavy atom. The molecule has 1 aliphatic heterocycles. The van der Waals surface area contributed by atoms with E-state index in [9.17, 15) is 18.4 Å². The lowest BCUT2D eigenvalue weighted by atomic mass is 10.2. The number of hydrogen-bond acceptors (Lipinski definition) is 9. The number of aromatic nitrogens is 4. The van der Waals surface area contributed by atoms with E-state index in [-0.39, 0.29) is 0 Å². The Bertz CT molecular complexity index is 1090. The molecule has 0 bridgehead atoms. The van der Waals surface area contributed by atoms with Crippen LogP contribution in [0.3, 0.4) is 0 Å². The number of alkyl halides is 3. The van der Waals surface area contributed by atoms with Crippen LogP contribution < -0.4 is 9.63 Å². The summed E-state index contributed by atoms with van der Waals surface area (Å²) in [4.78, 5) is 22.4. The van der Waals surface area contributed by atoms with Gasteiger partial charge in [0, 0.05) is 38.3 Å². The van der Waals surface area contributed by atoms with E-state index in [1.807, 2.05) is 24.4 Å². The Balaban J connectivity index is 0.000000406. The van der Waals surface area contributed by atoms with Gasteiger partial charge < -0.3 is 24.6 Å². The lowest BCUT2D eigenvalue weighted by molar-refractivity contribution is -0.645. The van der Waals surface area contributed by atoms with E-state index < -0.39 is 12.1 Å². The van der Waals surface area contributed by atoms with Crippen LogP contribution in [0.2, 0.25) is 0 Å². The van der Waals surface area contributed by atoms with Gasteiger partial charge in [-0.3, -0.25) is 4.98 Å². The third-order valence-electron chi connectivity index (χ3n) is 4.69. The van der Waals surface area contributed by atoms with E-state index in [1.54, 1.807) is 12.1 Å². The van der Waals surface area contributed by atoms with Crippen LogP contribution in [0.1, 0.15) is 5.89 Å². The van der Waals surface area contributed by atoms with Gasteiger partial charge >= 0.3 is 12.1 Å². The Kier molecular flexibility index (Phi) is 8.28. The van der Waals surface area contributed by atoms with Gasteiger partial charge in [0.2, 0.25) is 11.7 Å². The first kappa shape index (κ1) is 25.2. The predicted molar refractivity (Wildman–Crippen MR) is 116 cm³/mol. The summed E-state index contributed by atoms with van der Waals surface area (Å²) in [5, 5.41) is 23.4. The second-order valence-corrected chi connectivity index (χ2v) is 8.16. The molecule has 0 unspecified atom stereocenters. The maximum absolute atomic E-state index is 11.7. The lowest BCUT2D eigenvalue weighted by Crippen LogP contribution is -2.44. The standard InChI is InChI=1S/C18H20N6O2S.C2HF3O2/c1-22-8-10-23(11-9-22)14-5-6-15(19-12-14)18-20-16(26-21-18)13-27-17-4-2-3-7-24(17)25;3-2(4,5)1(6)7/h2-7,12H,8-11,13H2,1H3;(H,6,7). The number of hydrogen-bond donors (Lipinski definition) is 1. The van der Waals surface area contributed by atoms with Crippen molar-refractivity contribution in [2.45, 2.75) is 17.0 Å². The number of rotatable bonds is 5. The summed E-state index contributed by atoms with van der Waals surface area (Å²) in [7, 11) is 2.14. The minimum atomic E-state index is -5.08. The van der Waals surface area contributed by atoms with Crippen LogP contribution in [0.4, 0.5) is 18.9 Å². The molecule has 0 aromatic carbocycles. The van der Waals surface area contributed by atoms with Crippen molar-refractivity contribution < 1.29 is 32.3 Å². The molecule has 0 amide bonds. The van der Waals surface area contributed by atoms with E-state index in [0.717, 1.165) is 36.6 Å². The maximum Gasteiger partial charge on any atom is 0.490 e. The number of halogens is 3. The van der Waals surface area contributed by atoms with Crippen molar-refractivity contribution in [3.8, 4) is 11.5 Å². The summed E-state index contributed by atoms with van der Waals surface area (Å²) >= 11 is 1.35. The number of carboxylic acids is 1. The minimum absolute atomic E-state index is 0.429. The predicted octanol–water partition coefficient (Wildman–Crippen LogP) is 2.44. The number of carbonyl (C=O) groups is 1. The molecule has 182 valence electrons. The zero-order valence-electron chi connectivity index (χ0n) is 18.0.